The monoisotopic (exact) mass is 268 g/mol. The molecule has 1 atom stereocenters. The van der Waals surface area contributed by atoms with Gasteiger partial charge in [0.1, 0.15) is 0 Å². The predicted octanol–water partition coefficient (Wildman–Crippen LogP) is 2.33. The van der Waals surface area contributed by atoms with Crippen molar-refractivity contribution in [3.05, 3.63) is 33.8 Å². The van der Waals surface area contributed by atoms with E-state index in [2.05, 4.69) is 46.1 Å². The van der Waals surface area contributed by atoms with Gasteiger partial charge < -0.3 is 5.73 Å². The van der Waals surface area contributed by atoms with E-state index in [1.54, 1.807) is 0 Å². The first-order chi connectivity index (χ1) is 7.22. The number of likely N-dealkylation sites (N-methyl/N-ethyl adjacent to an activating group) is 1. The molecule has 1 unspecified atom stereocenters. The summed E-state index contributed by atoms with van der Waals surface area (Å²) in [5, 5.41) is 0. The fourth-order valence-corrected chi connectivity index (χ4v) is 2.79. The van der Waals surface area contributed by atoms with Crippen LogP contribution in [0.5, 0.6) is 0 Å². The van der Waals surface area contributed by atoms with E-state index in [4.69, 9.17) is 5.73 Å². The Labute approximate surface area is 99.6 Å². The number of fused-ring (bicyclic) bond motifs is 1. The van der Waals surface area contributed by atoms with Gasteiger partial charge in [-0.05, 0) is 43.1 Å². The Kier molecular flexibility index (Phi) is 3.44. The van der Waals surface area contributed by atoms with Crippen molar-refractivity contribution in [2.45, 2.75) is 18.9 Å². The van der Waals surface area contributed by atoms with Crippen LogP contribution in [0.2, 0.25) is 0 Å². The largest absolute Gasteiger partial charge is 0.329 e. The zero-order chi connectivity index (χ0) is 10.8. The highest BCUT2D eigenvalue weighted by molar-refractivity contribution is 9.10. The van der Waals surface area contributed by atoms with Gasteiger partial charge in [-0.3, -0.25) is 4.90 Å². The Hall–Kier alpha value is -0.380. The van der Waals surface area contributed by atoms with Crippen LogP contribution in [0.4, 0.5) is 0 Å². The van der Waals surface area contributed by atoms with Gasteiger partial charge in [-0.2, -0.15) is 0 Å². The molecule has 1 aliphatic rings. The Morgan fingerprint density at radius 2 is 2.33 bits per heavy atom. The molecule has 0 spiro atoms. The van der Waals surface area contributed by atoms with E-state index in [9.17, 15) is 0 Å². The first kappa shape index (κ1) is 11.1. The summed E-state index contributed by atoms with van der Waals surface area (Å²) in [5.41, 5.74) is 8.56. The zero-order valence-corrected chi connectivity index (χ0v) is 10.6. The number of hydrogen-bond acceptors (Lipinski definition) is 2. The maximum Gasteiger partial charge on any atom is 0.0351 e. The van der Waals surface area contributed by atoms with Crippen LogP contribution < -0.4 is 5.73 Å². The summed E-state index contributed by atoms with van der Waals surface area (Å²) in [6.45, 7) is 1.71. The normalized spacial score (nSPS) is 19.6. The minimum absolute atomic E-state index is 0.566. The number of halogens is 1. The lowest BCUT2D eigenvalue weighted by atomic mass is 10.1. The summed E-state index contributed by atoms with van der Waals surface area (Å²) in [6.07, 6.45) is 2.41. The Morgan fingerprint density at radius 3 is 3.07 bits per heavy atom. The van der Waals surface area contributed by atoms with Crippen LogP contribution in [0.25, 0.3) is 0 Å². The van der Waals surface area contributed by atoms with Gasteiger partial charge >= 0.3 is 0 Å². The van der Waals surface area contributed by atoms with Gasteiger partial charge in [0.2, 0.25) is 0 Å². The van der Waals surface area contributed by atoms with Crippen molar-refractivity contribution in [1.82, 2.24) is 4.90 Å². The summed E-state index contributed by atoms with van der Waals surface area (Å²) < 4.78 is 1.18. The number of rotatable bonds is 3. The molecule has 82 valence electrons. The molecule has 0 radical (unpaired) electrons. The predicted molar refractivity (Wildman–Crippen MR) is 66.9 cm³/mol. The van der Waals surface area contributed by atoms with Crippen LogP contribution in [-0.4, -0.2) is 25.0 Å². The smallest absolute Gasteiger partial charge is 0.0351 e. The van der Waals surface area contributed by atoms with Crippen molar-refractivity contribution in [2.24, 2.45) is 5.73 Å². The minimum Gasteiger partial charge on any atom is -0.329 e. The molecule has 3 heteroatoms. The molecule has 0 amide bonds. The topological polar surface area (TPSA) is 29.3 Å². The van der Waals surface area contributed by atoms with Gasteiger partial charge in [-0.15, -0.1) is 0 Å². The summed E-state index contributed by atoms with van der Waals surface area (Å²) in [6, 6.07) is 7.18. The Bertz CT molecular complexity index is 351. The molecule has 0 saturated carbocycles. The van der Waals surface area contributed by atoms with Gasteiger partial charge in [0.15, 0.2) is 0 Å². The van der Waals surface area contributed by atoms with Crippen molar-refractivity contribution in [1.29, 1.82) is 0 Å². The number of nitrogens with two attached hydrogens (primary N) is 1. The molecule has 0 fully saturated rings. The van der Waals surface area contributed by atoms with Gasteiger partial charge in [0, 0.05) is 23.6 Å². The highest BCUT2D eigenvalue weighted by Crippen LogP contribution is 2.36. The molecule has 2 nitrogen and oxygen atoms in total. The van der Waals surface area contributed by atoms with E-state index in [0.717, 1.165) is 13.1 Å². The molecule has 15 heavy (non-hydrogen) atoms. The molecular weight excluding hydrogens is 252 g/mol. The van der Waals surface area contributed by atoms with Crippen molar-refractivity contribution in [2.75, 3.05) is 20.1 Å². The molecule has 0 saturated heterocycles. The molecular formula is C12H17BrN2. The average Bonchev–Trinajstić information content (AvgIpc) is 2.60. The molecule has 2 rings (SSSR count). The summed E-state index contributed by atoms with van der Waals surface area (Å²) in [4.78, 5) is 2.36. The third-order valence-corrected chi connectivity index (χ3v) is 3.66. The lowest BCUT2D eigenvalue weighted by Crippen LogP contribution is -2.28. The Morgan fingerprint density at radius 1 is 1.53 bits per heavy atom. The molecule has 1 aromatic carbocycles. The van der Waals surface area contributed by atoms with E-state index in [1.165, 1.54) is 28.4 Å². The maximum absolute atomic E-state index is 5.59. The van der Waals surface area contributed by atoms with Gasteiger partial charge in [0.25, 0.3) is 0 Å². The average molecular weight is 269 g/mol. The zero-order valence-electron chi connectivity index (χ0n) is 9.04. The molecule has 2 N–H and O–H groups in total. The van der Waals surface area contributed by atoms with Crippen LogP contribution in [0.1, 0.15) is 23.6 Å². The summed E-state index contributed by atoms with van der Waals surface area (Å²) >= 11 is 3.52. The molecule has 0 aliphatic heterocycles. The second-order valence-electron chi connectivity index (χ2n) is 4.17. The number of aryl methyl sites for hydroxylation is 1. The van der Waals surface area contributed by atoms with E-state index < -0.39 is 0 Å². The van der Waals surface area contributed by atoms with E-state index in [0.29, 0.717) is 6.04 Å². The second kappa shape index (κ2) is 4.64. The highest BCUT2D eigenvalue weighted by atomic mass is 79.9. The van der Waals surface area contributed by atoms with Crippen molar-refractivity contribution in [3.8, 4) is 0 Å². The van der Waals surface area contributed by atoms with E-state index in [-0.39, 0.29) is 0 Å². The van der Waals surface area contributed by atoms with Crippen LogP contribution in [-0.2, 0) is 6.42 Å². The lowest BCUT2D eigenvalue weighted by molar-refractivity contribution is 0.251. The first-order valence-electron chi connectivity index (χ1n) is 5.41. The third-order valence-electron chi connectivity index (χ3n) is 3.16. The van der Waals surface area contributed by atoms with Gasteiger partial charge in [-0.25, -0.2) is 0 Å². The quantitative estimate of drug-likeness (QED) is 0.912. The molecule has 1 aliphatic carbocycles. The fraction of sp³-hybridized carbons (Fsp3) is 0.500. The van der Waals surface area contributed by atoms with E-state index in [1.807, 2.05) is 0 Å². The highest BCUT2D eigenvalue weighted by Gasteiger charge is 2.25. The van der Waals surface area contributed by atoms with Crippen LogP contribution in [0.15, 0.2) is 22.7 Å². The SMILES string of the molecule is CN(CCN)C1CCc2cc(Br)ccc21. The van der Waals surface area contributed by atoms with Crippen LogP contribution in [0.3, 0.4) is 0 Å². The summed E-state index contributed by atoms with van der Waals surface area (Å²) in [7, 11) is 2.16. The number of nitrogens with zero attached hydrogens (tertiary/aromatic N) is 1. The number of benzene rings is 1. The van der Waals surface area contributed by atoms with Gasteiger partial charge in [-0.1, -0.05) is 22.0 Å². The molecule has 1 aromatic rings. The van der Waals surface area contributed by atoms with Crippen molar-refractivity contribution >= 4 is 15.9 Å². The fourth-order valence-electron chi connectivity index (χ4n) is 2.38. The molecule has 0 heterocycles. The molecule has 0 aromatic heterocycles. The maximum atomic E-state index is 5.59. The standard InChI is InChI=1S/C12H17BrN2/c1-15(7-6-14)12-5-2-9-8-10(13)3-4-11(9)12/h3-4,8,12H,2,5-7,14H2,1H3. The van der Waals surface area contributed by atoms with Gasteiger partial charge in [0.05, 0.1) is 0 Å². The van der Waals surface area contributed by atoms with Crippen molar-refractivity contribution in [3.63, 3.8) is 0 Å². The Balaban J connectivity index is 2.21. The van der Waals surface area contributed by atoms with Crippen LogP contribution in [0, 0.1) is 0 Å². The third kappa shape index (κ3) is 2.25. The van der Waals surface area contributed by atoms with Crippen LogP contribution >= 0.6 is 15.9 Å². The first-order valence-corrected chi connectivity index (χ1v) is 6.20. The minimum atomic E-state index is 0.566. The summed E-state index contributed by atoms with van der Waals surface area (Å²) in [5.74, 6) is 0. The lowest BCUT2D eigenvalue weighted by Gasteiger charge is -2.24. The molecule has 0 bridgehead atoms. The van der Waals surface area contributed by atoms with Crippen molar-refractivity contribution < 1.29 is 0 Å². The van der Waals surface area contributed by atoms with E-state index >= 15 is 0 Å². The second-order valence-corrected chi connectivity index (χ2v) is 5.08. The number of hydrogen-bond donors (Lipinski definition) is 1.